The SMILES string of the molecule is CNc1cc(S(=O)(=O)Nc2ccncc2F)ccn1. The van der Waals surface area contributed by atoms with Gasteiger partial charge in [0.05, 0.1) is 16.8 Å². The quantitative estimate of drug-likeness (QED) is 0.887. The first kappa shape index (κ1) is 13.2. The molecule has 0 saturated carbocycles. The van der Waals surface area contributed by atoms with Crippen LogP contribution in [0.3, 0.4) is 0 Å². The number of rotatable bonds is 4. The maximum atomic E-state index is 13.4. The van der Waals surface area contributed by atoms with Crippen LogP contribution in [0.15, 0.2) is 41.7 Å². The Morgan fingerprint density at radius 2 is 2.05 bits per heavy atom. The van der Waals surface area contributed by atoms with Crippen LogP contribution in [0.1, 0.15) is 0 Å². The van der Waals surface area contributed by atoms with Crippen molar-refractivity contribution in [1.29, 1.82) is 0 Å². The van der Waals surface area contributed by atoms with E-state index in [0.29, 0.717) is 5.82 Å². The number of pyridine rings is 2. The van der Waals surface area contributed by atoms with E-state index in [0.717, 1.165) is 6.20 Å². The number of nitrogens with zero attached hydrogens (tertiary/aromatic N) is 2. The maximum Gasteiger partial charge on any atom is 0.262 e. The van der Waals surface area contributed by atoms with Crippen LogP contribution in [0, 0.1) is 5.82 Å². The van der Waals surface area contributed by atoms with Crippen molar-refractivity contribution in [2.24, 2.45) is 0 Å². The molecular formula is C11H11FN4O2S. The normalized spacial score (nSPS) is 11.1. The summed E-state index contributed by atoms with van der Waals surface area (Å²) >= 11 is 0. The number of halogens is 1. The number of nitrogens with one attached hydrogen (secondary N) is 2. The highest BCUT2D eigenvalue weighted by molar-refractivity contribution is 7.92. The number of aromatic nitrogens is 2. The topological polar surface area (TPSA) is 84.0 Å². The van der Waals surface area contributed by atoms with Crippen LogP contribution in [-0.4, -0.2) is 25.4 Å². The average molecular weight is 282 g/mol. The molecule has 100 valence electrons. The summed E-state index contributed by atoms with van der Waals surface area (Å²) in [5, 5.41) is 2.73. The van der Waals surface area contributed by atoms with E-state index in [1.807, 2.05) is 0 Å². The summed E-state index contributed by atoms with van der Waals surface area (Å²) in [5.41, 5.74) is -0.155. The second-order valence-corrected chi connectivity index (χ2v) is 5.27. The Balaban J connectivity index is 2.35. The lowest BCUT2D eigenvalue weighted by Gasteiger charge is -2.09. The predicted octanol–water partition coefficient (Wildman–Crippen LogP) is 1.46. The number of sulfonamides is 1. The molecular weight excluding hydrogens is 271 g/mol. The van der Waals surface area contributed by atoms with Crippen molar-refractivity contribution >= 4 is 21.5 Å². The zero-order valence-corrected chi connectivity index (χ0v) is 10.8. The first-order valence-electron chi connectivity index (χ1n) is 5.29. The van der Waals surface area contributed by atoms with Crippen molar-refractivity contribution in [2.75, 3.05) is 17.1 Å². The van der Waals surface area contributed by atoms with Crippen molar-refractivity contribution in [2.45, 2.75) is 4.90 Å². The van der Waals surface area contributed by atoms with Gasteiger partial charge in [-0.3, -0.25) is 9.71 Å². The number of hydrogen-bond donors (Lipinski definition) is 2. The number of hydrogen-bond acceptors (Lipinski definition) is 5. The third-order valence-electron chi connectivity index (χ3n) is 2.31. The van der Waals surface area contributed by atoms with Gasteiger partial charge in [-0.15, -0.1) is 0 Å². The Kier molecular flexibility index (Phi) is 3.61. The Bertz CT molecular complexity index is 691. The Labute approximate surface area is 109 Å². The van der Waals surface area contributed by atoms with Crippen LogP contribution in [-0.2, 0) is 10.0 Å². The van der Waals surface area contributed by atoms with E-state index in [9.17, 15) is 12.8 Å². The van der Waals surface area contributed by atoms with Gasteiger partial charge >= 0.3 is 0 Å². The summed E-state index contributed by atoms with van der Waals surface area (Å²) in [4.78, 5) is 7.44. The molecule has 2 N–H and O–H groups in total. The van der Waals surface area contributed by atoms with Gasteiger partial charge in [-0.25, -0.2) is 17.8 Å². The number of anilines is 2. The minimum absolute atomic E-state index is 0.0111. The van der Waals surface area contributed by atoms with Gasteiger partial charge in [-0.2, -0.15) is 0 Å². The fourth-order valence-corrected chi connectivity index (χ4v) is 2.46. The van der Waals surface area contributed by atoms with E-state index in [1.54, 1.807) is 7.05 Å². The molecule has 0 saturated heterocycles. The van der Waals surface area contributed by atoms with Crippen LogP contribution < -0.4 is 10.0 Å². The molecule has 0 aliphatic heterocycles. The Morgan fingerprint density at radius 3 is 2.74 bits per heavy atom. The second kappa shape index (κ2) is 5.19. The molecule has 0 atom stereocenters. The van der Waals surface area contributed by atoms with Gasteiger partial charge in [0.25, 0.3) is 10.0 Å². The van der Waals surface area contributed by atoms with E-state index in [4.69, 9.17) is 0 Å². The van der Waals surface area contributed by atoms with Crippen LogP contribution in [0.4, 0.5) is 15.9 Å². The van der Waals surface area contributed by atoms with Gasteiger partial charge in [0.2, 0.25) is 0 Å². The lowest BCUT2D eigenvalue weighted by Crippen LogP contribution is -2.14. The van der Waals surface area contributed by atoms with E-state index >= 15 is 0 Å². The monoisotopic (exact) mass is 282 g/mol. The predicted molar refractivity (Wildman–Crippen MR) is 68.8 cm³/mol. The molecule has 0 unspecified atom stereocenters. The molecule has 8 heteroatoms. The second-order valence-electron chi connectivity index (χ2n) is 3.59. The van der Waals surface area contributed by atoms with Crippen molar-refractivity contribution < 1.29 is 12.8 Å². The van der Waals surface area contributed by atoms with E-state index < -0.39 is 15.8 Å². The van der Waals surface area contributed by atoms with Crippen molar-refractivity contribution in [1.82, 2.24) is 9.97 Å². The molecule has 19 heavy (non-hydrogen) atoms. The van der Waals surface area contributed by atoms with Crippen LogP contribution in [0.5, 0.6) is 0 Å². The van der Waals surface area contributed by atoms with Gasteiger partial charge in [0.15, 0.2) is 5.82 Å². The standard InChI is InChI=1S/C11H11FN4O2S/c1-13-11-6-8(2-5-15-11)19(17,18)16-10-3-4-14-7-9(10)12/h2-7H,1H3,(H,13,15)(H,14,16). The van der Waals surface area contributed by atoms with Crippen LogP contribution in [0.2, 0.25) is 0 Å². The molecule has 0 aliphatic carbocycles. The highest BCUT2D eigenvalue weighted by Gasteiger charge is 2.16. The van der Waals surface area contributed by atoms with E-state index in [2.05, 4.69) is 20.0 Å². The largest absolute Gasteiger partial charge is 0.373 e. The molecule has 2 rings (SSSR count). The molecule has 0 aromatic carbocycles. The molecule has 6 nitrogen and oxygen atoms in total. The lowest BCUT2D eigenvalue weighted by atomic mass is 10.4. The van der Waals surface area contributed by atoms with E-state index in [1.165, 1.54) is 30.6 Å². The van der Waals surface area contributed by atoms with E-state index in [-0.39, 0.29) is 10.6 Å². The molecule has 0 bridgehead atoms. The van der Waals surface area contributed by atoms with Crippen molar-refractivity contribution in [3.05, 3.63) is 42.6 Å². The molecule has 2 aromatic heterocycles. The van der Waals surface area contributed by atoms with Gasteiger partial charge < -0.3 is 5.32 Å². The molecule has 0 spiro atoms. The Hall–Kier alpha value is -2.22. The highest BCUT2D eigenvalue weighted by atomic mass is 32.2. The summed E-state index contributed by atoms with van der Waals surface area (Å²) in [5.74, 6) is -0.341. The first-order valence-corrected chi connectivity index (χ1v) is 6.77. The van der Waals surface area contributed by atoms with Crippen LogP contribution in [0.25, 0.3) is 0 Å². The molecule has 2 heterocycles. The molecule has 2 aromatic rings. The van der Waals surface area contributed by atoms with Crippen LogP contribution >= 0.6 is 0 Å². The molecule has 0 amide bonds. The highest BCUT2D eigenvalue weighted by Crippen LogP contribution is 2.19. The fraction of sp³-hybridized carbons (Fsp3) is 0.0909. The van der Waals surface area contributed by atoms with Gasteiger partial charge in [-0.05, 0) is 12.1 Å². The molecule has 0 fully saturated rings. The van der Waals surface area contributed by atoms with Gasteiger partial charge in [0.1, 0.15) is 5.82 Å². The smallest absolute Gasteiger partial charge is 0.262 e. The zero-order valence-electron chi connectivity index (χ0n) is 9.96. The minimum atomic E-state index is -3.87. The summed E-state index contributed by atoms with van der Waals surface area (Å²) in [6, 6.07) is 3.91. The van der Waals surface area contributed by atoms with Gasteiger partial charge in [0, 0.05) is 25.5 Å². The minimum Gasteiger partial charge on any atom is -0.373 e. The third-order valence-corrected chi connectivity index (χ3v) is 3.68. The summed E-state index contributed by atoms with van der Waals surface area (Å²) in [6.07, 6.45) is 3.58. The zero-order chi connectivity index (χ0) is 13.9. The summed E-state index contributed by atoms with van der Waals surface area (Å²) in [7, 11) is -2.25. The lowest BCUT2D eigenvalue weighted by molar-refractivity contribution is 0.598. The molecule has 0 aliphatic rings. The summed E-state index contributed by atoms with van der Waals surface area (Å²) < 4.78 is 39.7. The Morgan fingerprint density at radius 1 is 1.26 bits per heavy atom. The summed E-state index contributed by atoms with van der Waals surface area (Å²) in [6.45, 7) is 0. The fourth-order valence-electron chi connectivity index (χ4n) is 1.38. The first-order chi connectivity index (χ1) is 9.03. The molecule has 0 radical (unpaired) electrons. The van der Waals surface area contributed by atoms with Crippen molar-refractivity contribution in [3.63, 3.8) is 0 Å². The maximum absolute atomic E-state index is 13.4. The van der Waals surface area contributed by atoms with Gasteiger partial charge in [-0.1, -0.05) is 0 Å². The average Bonchev–Trinajstić information content (AvgIpc) is 2.41. The van der Waals surface area contributed by atoms with Crippen molar-refractivity contribution in [3.8, 4) is 0 Å². The third kappa shape index (κ3) is 2.97.